The van der Waals surface area contributed by atoms with Gasteiger partial charge in [0.2, 0.25) is 0 Å². The number of benzene rings is 1. The van der Waals surface area contributed by atoms with E-state index in [2.05, 4.69) is 11.4 Å². The minimum atomic E-state index is -0.590. The molecule has 0 unspecified atom stereocenters. The molecule has 0 fully saturated rings. The maximum atomic E-state index is 12.2. The summed E-state index contributed by atoms with van der Waals surface area (Å²) in [6, 6.07) is 9.70. The van der Waals surface area contributed by atoms with Gasteiger partial charge in [-0.25, -0.2) is 0 Å². The standard InChI is InChI=1S/C20H20N4O3/c1-23-7-2-3-15(23)20(27)22-10-12-4-5-13-6-8-24(11-14(13)9-12)17-16(21)18(25)19(17)26/h2-5,7,9H,6,8,10-11,21H2,1H3,(H,22,27). The van der Waals surface area contributed by atoms with Crippen molar-refractivity contribution in [3.63, 3.8) is 0 Å². The highest BCUT2D eigenvalue weighted by Gasteiger charge is 2.26. The van der Waals surface area contributed by atoms with Crippen molar-refractivity contribution in [2.24, 2.45) is 7.05 Å². The molecule has 0 atom stereocenters. The van der Waals surface area contributed by atoms with Gasteiger partial charge in [0.05, 0.1) is 0 Å². The topological polar surface area (TPSA) is 97.4 Å². The molecule has 1 aromatic heterocycles. The maximum absolute atomic E-state index is 12.2. The summed E-state index contributed by atoms with van der Waals surface area (Å²) in [5, 5.41) is 2.92. The van der Waals surface area contributed by atoms with Crippen LogP contribution in [0.2, 0.25) is 0 Å². The molecule has 0 radical (unpaired) electrons. The number of anilines is 2. The van der Waals surface area contributed by atoms with Crippen molar-refractivity contribution >= 4 is 17.3 Å². The van der Waals surface area contributed by atoms with Crippen LogP contribution in [0.15, 0.2) is 46.1 Å². The maximum Gasteiger partial charge on any atom is 0.268 e. The minimum absolute atomic E-state index is 0.0643. The molecule has 7 heteroatoms. The molecular weight excluding hydrogens is 344 g/mol. The molecule has 3 aromatic rings. The van der Waals surface area contributed by atoms with Gasteiger partial charge >= 0.3 is 0 Å². The number of nitrogens with two attached hydrogens (primary N) is 1. The Labute approximate surface area is 155 Å². The Balaban J connectivity index is 1.48. The first-order valence-electron chi connectivity index (χ1n) is 8.79. The second kappa shape index (κ2) is 6.42. The van der Waals surface area contributed by atoms with Gasteiger partial charge in [-0.15, -0.1) is 0 Å². The molecule has 0 bridgehead atoms. The van der Waals surface area contributed by atoms with Crippen LogP contribution in [0.25, 0.3) is 0 Å². The molecule has 0 spiro atoms. The monoisotopic (exact) mass is 364 g/mol. The fourth-order valence-electron chi connectivity index (χ4n) is 3.59. The smallest absolute Gasteiger partial charge is 0.268 e. The van der Waals surface area contributed by atoms with Gasteiger partial charge in [0, 0.05) is 32.9 Å². The molecule has 0 saturated heterocycles. The fraction of sp³-hybridized carbons (Fsp3) is 0.250. The van der Waals surface area contributed by atoms with Crippen LogP contribution in [0.3, 0.4) is 0 Å². The molecule has 7 nitrogen and oxygen atoms in total. The van der Waals surface area contributed by atoms with Gasteiger partial charge in [-0.05, 0) is 35.2 Å². The highest BCUT2D eigenvalue weighted by atomic mass is 16.2. The zero-order valence-corrected chi connectivity index (χ0v) is 15.0. The summed E-state index contributed by atoms with van der Waals surface area (Å²) in [5.41, 5.74) is 8.89. The van der Waals surface area contributed by atoms with Crippen LogP contribution in [-0.2, 0) is 26.6 Å². The Hall–Kier alpha value is -3.35. The van der Waals surface area contributed by atoms with Crippen molar-refractivity contribution in [1.29, 1.82) is 0 Å². The van der Waals surface area contributed by atoms with Crippen molar-refractivity contribution in [2.75, 3.05) is 17.2 Å². The zero-order chi connectivity index (χ0) is 19.1. The second-order valence-corrected chi connectivity index (χ2v) is 6.88. The van der Waals surface area contributed by atoms with E-state index in [-0.39, 0.29) is 11.6 Å². The van der Waals surface area contributed by atoms with E-state index in [4.69, 9.17) is 5.73 Å². The quantitative estimate of drug-likeness (QED) is 0.664. The third kappa shape index (κ3) is 2.91. The second-order valence-electron chi connectivity index (χ2n) is 6.88. The number of aromatic nitrogens is 1. The normalized spacial score (nSPS) is 13.6. The van der Waals surface area contributed by atoms with E-state index in [0.29, 0.717) is 31.0 Å². The highest BCUT2D eigenvalue weighted by molar-refractivity contribution is 5.92. The number of nitrogens with one attached hydrogen (secondary N) is 1. The van der Waals surface area contributed by atoms with Crippen molar-refractivity contribution in [3.05, 3.63) is 79.4 Å². The summed E-state index contributed by atoms with van der Waals surface area (Å²) in [6.45, 7) is 1.61. The van der Waals surface area contributed by atoms with E-state index in [1.807, 2.05) is 36.3 Å². The summed E-state index contributed by atoms with van der Waals surface area (Å²) in [7, 11) is 1.83. The number of rotatable bonds is 4. The summed E-state index contributed by atoms with van der Waals surface area (Å²) in [4.78, 5) is 37.3. The van der Waals surface area contributed by atoms with Crippen LogP contribution in [-0.4, -0.2) is 17.0 Å². The molecule has 0 aliphatic carbocycles. The predicted molar refractivity (Wildman–Crippen MR) is 104 cm³/mol. The average Bonchev–Trinajstić information content (AvgIpc) is 3.11. The Kier molecular flexibility index (Phi) is 4.07. The van der Waals surface area contributed by atoms with Gasteiger partial charge in [-0.1, -0.05) is 18.2 Å². The van der Waals surface area contributed by atoms with E-state index in [1.54, 1.807) is 10.6 Å². The lowest BCUT2D eigenvalue weighted by Gasteiger charge is -2.32. The number of amides is 1. The van der Waals surface area contributed by atoms with Crippen molar-refractivity contribution in [2.45, 2.75) is 19.5 Å². The highest BCUT2D eigenvalue weighted by Crippen LogP contribution is 2.26. The van der Waals surface area contributed by atoms with E-state index < -0.39 is 10.9 Å². The number of aryl methyl sites for hydroxylation is 1. The Morgan fingerprint density at radius 1 is 1.19 bits per heavy atom. The summed E-state index contributed by atoms with van der Waals surface area (Å²) >= 11 is 0. The lowest BCUT2D eigenvalue weighted by molar-refractivity contribution is 0.0943. The molecule has 4 rings (SSSR count). The molecule has 1 aliphatic rings. The molecule has 3 N–H and O–H groups in total. The third-order valence-electron chi connectivity index (χ3n) is 5.15. The van der Waals surface area contributed by atoms with Crippen molar-refractivity contribution in [1.82, 2.24) is 9.88 Å². The van der Waals surface area contributed by atoms with Gasteiger partial charge in [-0.2, -0.15) is 0 Å². The first kappa shape index (κ1) is 17.1. The minimum Gasteiger partial charge on any atom is -0.394 e. The van der Waals surface area contributed by atoms with Crippen LogP contribution in [0.5, 0.6) is 0 Å². The number of hydrogen-bond acceptors (Lipinski definition) is 5. The van der Waals surface area contributed by atoms with Gasteiger partial charge in [0.1, 0.15) is 17.1 Å². The van der Waals surface area contributed by atoms with Gasteiger partial charge in [0.25, 0.3) is 16.8 Å². The number of carbonyl (C=O) groups is 1. The lowest BCUT2D eigenvalue weighted by Crippen LogP contribution is -2.44. The number of nitrogen functional groups attached to an aromatic ring is 1. The van der Waals surface area contributed by atoms with Crippen LogP contribution >= 0.6 is 0 Å². The van der Waals surface area contributed by atoms with Crippen LogP contribution < -0.4 is 26.8 Å². The number of carbonyl (C=O) groups excluding carboxylic acids is 1. The van der Waals surface area contributed by atoms with Gasteiger partial charge in [-0.3, -0.25) is 14.4 Å². The van der Waals surface area contributed by atoms with E-state index in [0.717, 1.165) is 17.5 Å². The van der Waals surface area contributed by atoms with Crippen LogP contribution in [0.1, 0.15) is 27.2 Å². The Bertz CT molecular complexity index is 1110. The predicted octanol–water partition coefficient (Wildman–Crippen LogP) is 0.696. The number of nitrogens with zero attached hydrogens (tertiary/aromatic N) is 2. The third-order valence-corrected chi connectivity index (χ3v) is 5.15. The number of hydrogen-bond donors (Lipinski definition) is 2. The molecule has 2 heterocycles. The molecule has 2 aromatic carbocycles. The molecule has 1 aliphatic heterocycles. The molecule has 27 heavy (non-hydrogen) atoms. The van der Waals surface area contributed by atoms with Crippen molar-refractivity contribution in [3.8, 4) is 0 Å². The van der Waals surface area contributed by atoms with E-state index in [1.165, 1.54) is 5.56 Å². The van der Waals surface area contributed by atoms with Crippen LogP contribution in [0, 0.1) is 0 Å². The molecule has 138 valence electrons. The first-order chi connectivity index (χ1) is 13.0. The average molecular weight is 364 g/mol. The Morgan fingerprint density at radius 2 is 2.00 bits per heavy atom. The van der Waals surface area contributed by atoms with Gasteiger partial charge < -0.3 is 20.5 Å². The number of fused-ring (bicyclic) bond motifs is 1. The summed E-state index contributed by atoms with van der Waals surface area (Å²) < 4.78 is 1.77. The molecular formula is C20H20N4O3. The molecule has 1 amide bonds. The van der Waals surface area contributed by atoms with Crippen molar-refractivity contribution < 1.29 is 4.79 Å². The first-order valence-corrected chi connectivity index (χ1v) is 8.79. The summed E-state index contributed by atoms with van der Waals surface area (Å²) in [5.74, 6) is -0.127. The Morgan fingerprint density at radius 3 is 2.70 bits per heavy atom. The van der Waals surface area contributed by atoms with Crippen LogP contribution in [0.4, 0.5) is 11.4 Å². The lowest BCUT2D eigenvalue weighted by atomic mass is 9.96. The zero-order valence-electron chi connectivity index (χ0n) is 15.0. The van der Waals surface area contributed by atoms with E-state index in [9.17, 15) is 14.4 Å². The summed E-state index contributed by atoms with van der Waals surface area (Å²) in [6.07, 6.45) is 2.61. The van der Waals surface area contributed by atoms with Gasteiger partial charge in [0.15, 0.2) is 0 Å². The SMILES string of the molecule is Cn1cccc1C(=O)NCc1ccc2c(c1)CN(c1c(N)c(=O)c1=O)CC2. The largest absolute Gasteiger partial charge is 0.394 e. The van der Waals surface area contributed by atoms with E-state index >= 15 is 0 Å². The fourth-order valence-corrected chi connectivity index (χ4v) is 3.59. The molecule has 0 saturated carbocycles.